The van der Waals surface area contributed by atoms with Crippen molar-refractivity contribution in [2.75, 3.05) is 12.4 Å². The van der Waals surface area contributed by atoms with Gasteiger partial charge >= 0.3 is 0 Å². The van der Waals surface area contributed by atoms with Gasteiger partial charge in [-0.15, -0.1) is 0 Å². The molecule has 6 nitrogen and oxygen atoms in total. The fraction of sp³-hybridized carbons (Fsp3) is 0.0455. The monoisotopic (exact) mass is 423 g/mol. The van der Waals surface area contributed by atoms with Crippen molar-refractivity contribution in [3.8, 4) is 5.75 Å². The van der Waals surface area contributed by atoms with Gasteiger partial charge in [0.2, 0.25) is 5.55 Å². The molecule has 8 heteroatoms. The first-order valence-corrected chi connectivity index (χ1v) is 9.26. The Balaban J connectivity index is 1.93. The number of hydrogen-bond acceptors (Lipinski definition) is 5. The number of nitrogens with zero attached hydrogens (tertiary/aromatic N) is 2. The lowest BCUT2D eigenvalue weighted by Crippen LogP contribution is -2.22. The van der Waals surface area contributed by atoms with Gasteiger partial charge in [-0.1, -0.05) is 35.9 Å². The normalized spacial score (nSPS) is 11.5. The number of benzene rings is 2. The number of pyridine rings is 1. The summed E-state index contributed by atoms with van der Waals surface area (Å²) in [4.78, 5) is 21.3. The van der Waals surface area contributed by atoms with Gasteiger partial charge in [0.05, 0.1) is 12.1 Å². The first kappa shape index (κ1) is 19.6. The van der Waals surface area contributed by atoms with E-state index in [4.69, 9.17) is 20.8 Å². The van der Waals surface area contributed by atoms with Crippen LogP contribution in [0.25, 0.3) is 11.0 Å². The maximum Gasteiger partial charge on any atom is 0.262 e. The van der Waals surface area contributed by atoms with Crippen molar-refractivity contribution in [2.24, 2.45) is 4.99 Å². The van der Waals surface area contributed by atoms with Crippen molar-refractivity contribution in [1.82, 2.24) is 4.98 Å². The van der Waals surface area contributed by atoms with E-state index in [1.807, 2.05) is 0 Å². The van der Waals surface area contributed by atoms with Crippen LogP contribution in [0.2, 0.25) is 5.02 Å². The second kappa shape index (κ2) is 8.34. The molecule has 0 aliphatic carbocycles. The molecule has 0 unspecified atom stereocenters. The number of fused-ring (bicyclic) bond motifs is 1. The third kappa shape index (κ3) is 3.88. The van der Waals surface area contributed by atoms with Crippen LogP contribution in [-0.4, -0.2) is 18.0 Å². The Morgan fingerprint density at radius 2 is 2.00 bits per heavy atom. The zero-order valence-electron chi connectivity index (χ0n) is 15.7. The average molecular weight is 424 g/mol. The highest BCUT2D eigenvalue weighted by Gasteiger charge is 2.16. The van der Waals surface area contributed by atoms with E-state index in [1.165, 1.54) is 19.2 Å². The summed E-state index contributed by atoms with van der Waals surface area (Å²) in [6.07, 6.45) is 1.55. The molecule has 1 amide bonds. The zero-order chi connectivity index (χ0) is 21.1. The fourth-order valence-electron chi connectivity index (χ4n) is 2.84. The summed E-state index contributed by atoms with van der Waals surface area (Å²) in [6, 6.07) is 16.4. The van der Waals surface area contributed by atoms with Crippen LogP contribution in [0.5, 0.6) is 5.75 Å². The van der Waals surface area contributed by atoms with Gasteiger partial charge in [0.25, 0.3) is 5.91 Å². The number of amides is 1. The molecule has 2 aromatic carbocycles. The Labute approximate surface area is 175 Å². The Morgan fingerprint density at radius 1 is 1.17 bits per heavy atom. The molecule has 0 atom stereocenters. The molecular formula is C22H15ClFN3O3. The van der Waals surface area contributed by atoms with Crippen molar-refractivity contribution in [3.63, 3.8) is 0 Å². The summed E-state index contributed by atoms with van der Waals surface area (Å²) < 4.78 is 25.6. The molecule has 2 aromatic heterocycles. The molecule has 0 aliphatic heterocycles. The molecular weight excluding hydrogens is 409 g/mol. The molecule has 0 spiro atoms. The molecule has 4 rings (SSSR count). The third-order valence-corrected chi connectivity index (χ3v) is 4.55. The number of nitrogens with one attached hydrogen (secondary N) is 1. The van der Waals surface area contributed by atoms with E-state index in [9.17, 15) is 9.18 Å². The molecule has 4 aromatic rings. The number of anilines is 1. The minimum absolute atomic E-state index is 0.0626. The maximum atomic E-state index is 14.4. The van der Waals surface area contributed by atoms with Crippen LogP contribution in [0.1, 0.15) is 10.4 Å². The van der Waals surface area contributed by atoms with E-state index in [0.29, 0.717) is 22.5 Å². The van der Waals surface area contributed by atoms with E-state index < -0.39 is 11.7 Å². The summed E-state index contributed by atoms with van der Waals surface area (Å²) in [5.41, 5.74) is 0.310. The van der Waals surface area contributed by atoms with E-state index in [1.54, 1.807) is 54.7 Å². The lowest BCUT2D eigenvalue weighted by atomic mass is 10.1. The third-order valence-electron chi connectivity index (χ3n) is 4.26. The number of methoxy groups -OCH3 is 1. The first-order valence-electron chi connectivity index (χ1n) is 8.89. The van der Waals surface area contributed by atoms with Crippen molar-refractivity contribution in [1.29, 1.82) is 0 Å². The lowest BCUT2D eigenvalue weighted by Gasteiger charge is -2.08. The van der Waals surface area contributed by atoms with Gasteiger partial charge in [-0.25, -0.2) is 14.4 Å². The maximum absolute atomic E-state index is 14.4. The summed E-state index contributed by atoms with van der Waals surface area (Å²) >= 11 is 5.86. The Morgan fingerprint density at radius 3 is 2.77 bits per heavy atom. The van der Waals surface area contributed by atoms with Crippen LogP contribution in [-0.2, 0) is 0 Å². The molecule has 0 saturated carbocycles. The predicted octanol–water partition coefficient (Wildman–Crippen LogP) is 5.11. The highest BCUT2D eigenvalue weighted by molar-refractivity contribution is 6.31. The fourth-order valence-corrected chi connectivity index (χ4v) is 3.01. The van der Waals surface area contributed by atoms with Crippen LogP contribution in [0.15, 0.2) is 76.3 Å². The molecule has 0 radical (unpaired) electrons. The van der Waals surface area contributed by atoms with Gasteiger partial charge in [0.15, 0.2) is 17.1 Å². The molecule has 0 bridgehead atoms. The second-order valence-electron chi connectivity index (χ2n) is 6.20. The molecule has 30 heavy (non-hydrogen) atoms. The first-order chi connectivity index (χ1) is 14.6. The van der Waals surface area contributed by atoms with Crippen molar-refractivity contribution in [2.45, 2.75) is 0 Å². The molecule has 150 valence electrons. The molecule has 2 heterocycles. The highest BCUT2D eigenvalue weighted by Crippen LogP contribution is 2.27. The standard InChI is InChI=1S/C22H15ClFN3O3/c1-29-17-9-4-6-13-12-14(21(28)27-18-10-2-3-11-25-18)22(30-20(13)17)26-16-8-5-7-15(23)19(16)24/h2-12H,1H3,(H,25,27,28). The van der Waals surface area contributed by atoms with E-state index in [0.717, 1.165) is 0 Å². The quantitative estimate of drug-likeness (QED) is 0.494. The number of hydrogen-bond donors (Lipinski definition) is 1. The number of carbonyl (C=O) groups is 1. The summed E-state index contributed by atoms with van der Waals surface area (Å²) in [6.45, 7) is 0. The zero-order valence-corrected chi connectivity index (χ0v) is 16.5. The summed E-state index contributed by atoms with van der Waals surface area (Å²) in [5.74, 6) is -0.422. The van der Waals surface area contributed by atoms with E-state index in [-0.39, 0.29) is 21.8 Å². The average Bonchev–Trinajstić information content (AvgIpc) is 2.76. The van der Waals surface area contributed by atoms with Gasteiger partial charge in [0.1, 0.15) is 17.1 Å². The molecule has 0 fully saturated rings. The van der Waals surface area contributed by atoms with Crippen molar-refractivity contribution < 1.29 is 18.3 Å². The number of aromatic nitrogens is 1. The predicted molar refractivity (Wildman–Crippen MR) is 112 cm³/mol. The number of ether oxygens (including phenoxy) is 1. The van der Waals surface area contributed by atoms with Crippen molar-refractivity contribution in [3.05, 3.63) is 88.8 Å². The van der Waals surface area contributed by atoms with E-state index >= 15 is 0 Å². The number of para-hydroxylation sites is 1. The van der Waals surface area contributed by atoms with Gasteiger partial charge in [-0.3, -0.25) is 4.79 Å². The van der Waals surface area contributed by atoms with Gasteiger partial charge in [-0.2, -0.15) is 0 Å². The summed E-state index contributed by atoms with van der Waals surface area (Å²) in [7, 11) is 1.50. The molecule has 0 aliphatic rings. The van der Waals surface area contributed by atoms with Crippen LogP contribution in [0, 0.1) is 5.82 Å². The van der Waals surface area contributed by atoms with Crippen LogP contribution >= 0.6 is 11.6 Å². The summed E-state index contributed by atoms with van der Waals surface area (Å²) in [5, 5.41) is 3.21. The lowest BCUT2D eigenvalue weighted by molar-refractivity contribution is 0.102. The van der Waals surface area contributed by atoms with Crippen LogP contribution in [0.3, 0.4) is 0 Å². The van der Waals surface area contributed by atoms with Crippen LogP contribution in [0.4, 0.5) is 15.9 Å². The number of halogens is 2. The van der Waals surface area contributed by atoms with Gasteiger partial charge in [-0.05, 0) is 36.4 Å². The minimum Gasteiger partial charge on any atom is -0.493 e. The van der Waals surface area contributed by atoms with Gasteiger partial charge < -0.3 is 14.5 Å². The Bertz CT molecular complexity index is 1310. The molecule has 0 saturated heterocycles. The van der Waals surface area contributed by atoms with Gasteiger partial charge in [0, 0.05) is 11.6 Å². The Kier molecular flexibility index (Phi) is 5.45. The Hall–Kier alpha value is -3.71. The largest absolute Gasteiger partial charge is 0.493 e. The SMILES string of the molecule is COc1cccc2cc(C(=O)Nc3ccccn3)c(=Nc3cccc(Cl)c3F)oc12. The van der Waals surface area contributed by atoms with Crippen LogP contribution < -0.4 is 15.6 Å². The number of carbonyl (C=O) groups excluding carboxylic acids is 1. The number of rotatable bonds is 4. The molecule has 1 N–H and O–H groups in total. The minimum atomic E-state index is -0.717. The van der Waals surface area contributed by atoms with Crippen molar-refractivity contribution >= 4 is 40.0 Å². The second-order valence-corrected chi connectivity index (χ2v) is 6.60. The highest BCUT2D eigenvalue weighted by atomic mass is 35.5. The van der Waals surface area contributed by atoms with E-state index in [2.05, 4.69) is 15.3 Å². The smallest absolute Gasteiger partial charge is 0.262 e. The topological polar surface area (TPSA) is 76.7 Å².